The van der Waals surface area contributed by atoms with Crippen LogP contribution in [0.25, 0.3) is 0 Å². The number of carbonyl (C=O) groups is 2. The normalized spacial score (nSPS) is 15.9. The van der Waals surface area contributed by atoms with Crippen molar-refractivity contribution >= 4 is 11.8 Å². The van der Waals surface area contributed by atoms with Crippen LogP contribution in [0.3, 0.4) is 0 Å². The third-order valence-electron chi connectivity index (χ3n) is 4.42. The highest BCUT2D eigenvalue weighted by atomic mass is 16.2. The molecule has 0 aromatic heterocycles. The van der Waals surface area contributed by atoms with Crippen LogP contribution in [0.4, 0.5) is 0 Å². The van der Waals surface area contributed by atoms with Crippen molar-refractivity contribution in [2.75, 3.05) is 13.1 Å². The van der Waals surface area contributed by atoms with E-state index in [4.69, 9.17) is 0 Å². The Balaban J connectivity index is 1.79. The molecule has 22 heavy (non-hydrogen) atoms. The summed E-state index contributed by atoms with van der Waals surface area (Å²) < 4.78 is 0. The molecule has 2 amide bonds. The lowest BCUT2D eigenvalue weighted by atomic mass is 9.95. The number of benzene rings is 1. The van der Waals surface area contributed by atoms with Gasteiger partial charge < -0.3 is 10.2 Å². The SMILES string of the molecule is CC(=O)N1CCC(C(=O)NCc2ccc(C(C)C)cc2)CC1. The predicted octanol–water partition coefficient (Wildman–Crippen LogP) is 2.68. The standard InChI is InChI=1S/C18H26N2O2/c1-13(2)16-6-4-15(5-7-16)12-19-18(22)17-8-10-20(11-9-17)14(3)21/h4-7,13,17H,8-12H2,1-3H3,(H,19,22). The van der Waals surface area contributed by atoms with Gasteiger partial charge in [-0.2, -0.15) is 0 Å². The molecule has 1 aromatic rings. The smallest absolute Gasteiger partial charge is 0.223 e. The van der Waals surface area contributed by atoms with Gasteiger partial charge in [-0.1, -0.05) is 38.1 Å². The van der Waals surface area contributed by atoms with Crippen LogP contribution in [-0.4, -0.2) is 29.8 Å². The number of carbonyl (C=O) groups excluding carboxylic acids is 2. The fourth-order valence-electron chi connectivity index (χ4n) is 2.81. The van der Waals surface area contributed by atoms with E-state index >= 15 is 0 Å². The second-order valence-corrected chi connectivity index (χ2v) is 6.39. The molecule has 1 aliphatic heterocycles. The fourth-order valence-corrected chi connectivity index (χ4v) is 2.81. The summed E-state index contributed by atoms with van der Waals surface area (Å²) in [5, 5.41) is 3.02. The molecule has 2 rings (SSSR count). The molecule has 0 saturated carbocycles. The Morgan fingerprint density at radius 2 is 1.77 bits per heavy atom. The molecule has 1 N–H and O–H groups in total. The summed E-state index contributed by atoms with van der Waals surface area (Å²) in [6.07, 6.45) is 1.52. The number of piperidine rings is 1. The minimum atomic E-state index is 0.0329. The van der Waals surface area contributed by atoms with Crippen LogP contribution in [0.15, 0.2) is 24.3 Å². The fraction of sp³-hybridized carbons (Fsp3) is 0.556. The Kier molecular flexibility index (Phi) is 5.58. The molecule has 1 aromatic carbocycles. The molecular weight excluding hydrogens is 276 g/mol. The van der Waals surface area contributed by atoms with Crippen LogP contribution in [0, 0.1) is 5.92 Å². The Morgan fingerprint density at radius 1 is 1.18 bits per heavy atom. The molecule has 1 heterocycles. The molecule has 4 nitrogen and oxygen atoms in total. The second-order valence-electron chi connectivity index (χ2n) is 6.39. The Bertz CT molecular complexity index is 514. The lowest BCUT2D eigenvalue weighted by molar-refractivity contribution is -0.134. The predicted molar refractivity (Wildman–Crippen MR) is 87.4 cm³/mol. The quantitative estimate of drug-likeness (QED) is 0.929. The number of nitrogens with one attached hydrogen (secondary N) is 1. The molecule has 0 radical (unpaired) electrons. The molecule has 0 atom stereocenters. The van der Waals surface area contributed by atoms with Gasteiger partial charge >= 0.3 is 0 Å². The first-order chi connectivity index (χ1) is 10.5. The van der Waals surface area contributed by atoms with E-state index in [1.165, 1.54) is 5.56 Å². The molecule has 0 spiro atoms. The summed E-state index contributed by atoms with van der Waals surface area (Å²) in [7, 11) is 0. The number of amides is 2. The van der Waals surface area contributed by atoms with Crippen LogP contribution in [-0.2, 0) is 16.1 Å². The van der Waals surface area contributed by atoms with Gasteiger partial charge in [0.05, 0.1) is 0 Å². The summed E-state index contributed by atoms with van der Waals surface area (Å²) in [5.41, 5.74) is 2.44. The highest BCUT2D eigenvalue weighted by Gasteiger charge is 2.25. The third kappa shape index (κ3) is 4.33. The average molecular weight is 302 g/mol. The van der Waals surface area contributed by atoms with Crippen LogP contribution >= 0.6 is 0 Å². The van der Waals surface area contributed by atoms with E-state index in [0.717, 1.165) is 18.4 Å². The maximum atomic E-state index is 12.2. The molecule has 0 bridgehead atoms. The molecule has 1 saturated heterocycles. The zero-order valence-corrected chi connectivity index (χ0v) is 13.8. The van der Waals surface area contributed by atoms with Gasteiger partial charge in [0.2, 0.25) is 11.8 Å². The first kappa shape index (κ1) is 16.5. The van der Waals surface area contributed by atoms with E-state index in [1.54, 1.807) is 6.92 Å². The van der Waals surface area contributed by atoms with Crippen LogP contribution < -0.4 is 5.32 Å². The summed E-state index contributed by atoms with van der Waals surface area (Å²) in [5.74, 6) is 0.765. The lowest BCUT2D eigenvalue weighted by Gasteiger charge is -2.30. The second kappa shape index (κ2) is 7.43. The van der Waals surface area contributed by atoms with Gasteiger partial charge in [-0.15, -0.1) is 0 Å². The highest BCUT2D eigenvalue weighted by molar-refractivity contribution is 5.79. The molecule has 0 unspecified atom stereocenters. The van der Waals surface area contributed by atoms with Crippen molar-refractivity contribution in [2.45, 2.75) is 46.1 Å². The van der Waals surface area contributed by atoms with Gasteiger partial charge in [0.1, 0.15) is 0 Å². The molecule has 1 aliphatic rings. The lowest BCUT2D eigenvalue weighted by Crippen LogP contribution is -2.42. The van der Waals surface area contributed by atoms with E-state index in [-0.39, 0.29) is 17.7 Å². The average Bonchev–Trinajstić information content (AvgIpc) is 2.53. The monoisotopic (exact) mass is 302 g/mol. The molecule has 120 valence electrons. The minimum absolute atomic E-state index is 0.0329. The zero-order chi connectivity index (χ0) is 16.1. The van der Waals surface area contributed by atoms with Gasteiger partial charge in [-0.3, -0.25) is 9.59 Å². The van der Waals surface area contributed by atoms with E-state index in [1.807, 2.05) is 4.90 Å². The van der Waals surface area contributed by atoms with Crippen molar-refractivity contribution in [3.8, 4) is 0 Å². The number of likely N-dealkylation sites (tertiary alicyclic amines) is 1. The summed E-state index contributed by atoms with van der Waals surface area (Å²) in [4.78, 5) is 25.3. The first-order valence-corrected chi connectivity index (χ1v) is 8.09. The van der Waals surface area contributed by atoms with Gasteiger partial charge in [0, 0.05) is 32.5 Å². The largest absolute Gasteiger partial charge is 0.352 e. The first-order valence-electron chi connectivity index (χ1n) is 8.09. The molecule has 4 heteroatoms. The number of rotatable bonds is 4. The molecule has 0 aliphatic carbocycles. The van der Waals surface area contributed by atoms with Crippen molar-refractivity contribution in [3.63, 3.8) is 0 Å². The van der Waals surface area contributed by atoms with E-state index in [2.05, 4.69) is 43.4 Å². The van der Waals surface area contributed by atoms with E-state index < -0.39 is 0 Å². The zero-order valence-electron chi connectivity index (χ0n) is 13.8. The van der Waals surface area contributed by atoms with Gasteiger partial charge in [-0.25, -0.2) is 0 Å². The van der Waals surface area contributed by atoms with Crippen LogP contribution in [0.5, 0.6) is 0 Å². The van der Waals surface area contributed by atoms with Crippen molar-refractivity contribution in [2.24, 2.45) is 5.92 Å². The number of nitrogens with zero attached hydrogens (tertiary/aromatic N) is 1. The number of hydrogen-bond acceptors (Lipinski definition) is 2. The van der Waals surface area contributed by atoms with Gasteiger partial charge in [-0.05, 0) is 29.9 Å². The highest BCUT2D eigenvalue weighted by Crippen LogP contribution is 2.18. The van der Waals surface area contributed by atoms with E-state index in [9.17, 15) is 9.59 Å². The van der Waals surface area contributed by atoms with Crippen LogP contribution in [0.1, 0.15) is 50.7 Å². The Morgan fingerprint density at radius 3 is 2.27 bits per heavy atom. The Hall–Kier alpha value is -1.84. The van der Waals surface area contributed by atoms with Gasteiger partial charge in [0.25, 0.3) is 0 Å². The topological polar surface area (TPSA) is 49.4 Å². The summed E-state index contributed by atoms with van der Waals surface area (Å²) >= 11 is 0. The summed E-state index contributed by atoms with van der Waals surface area (Å²) in [6, 6.07) is 8.40. The van der Waals surface area contributed by atoms with Crippen LogP contribution in [0.2, 0.25) is 0 Å². The molecular formula is C18H26N2O2. The van der Waals surface area contributed by atoms with Crippen molar-refractivity contribution in [1.82, 2.24) is 10.2 Å². The molecule has 1 fully saturated rings. The van der Waals surface area contributed by atoms with E-state index in [0.29, 0.717) is 25.6 Å². The maximum absolute atomic E-state index is 12.2. The Labute approximate surface area is 132 Å². The number of hydrogen-bond donors (Lipinski definition) is 1. The van der Waals surface area contributed by atoms with Crippen molar-refractivity contribution < 1.29 is 9.59 Å². The van der Waals surface area contributed by atoms with Crippen molar-refractivity contribution in [3.05, 3.63) is 35.4 Å². The third-order valence-corrected chi connectivity index (χ3v) is 4.42. The van der Waals surface area contributed by atoms with Gasteiger partial charge in [0.15, 0.2) is 0 Å². The minimum Gasteiger partial charge on any atom is -0.352 e. The summed E-state index contributed by atoms with van der Waals surface area (Å²) in [6.45, 7) is 7.88. The maximum Gasteiger partial charge on any atom is 0.223 e. The van der Waals surface area contributed by atoms with Crippen molar-refractivity contribution in [1.29, 1.82) is 0 Å².